The van der Waals surface area contributed by atoms with E-state index in [1.807, 2.05) is 0 Å². The van der Waals surface area contributed by atoms with Crippen molar-refractivity contribution in [3.63, 3.8) is 0 Å². The van der Waals surface area contributed by atoms with Crippen molar-refractivity contribution in [2.75, 3.05) is 12.8 Å². The first kappa shape index (κ1) is 14.4. The predicted octanol–water partition coefficient (Wildman–Crippen LogP) is 4.52. The maximum Gasteiger partial charge on any atom is 0.0281 e. The Bertz CT molecular complexity index is 399. The summed E-state index contributed by atoms with van der Waals surface area (Å²) >= 11 is 5.60. The first-order chi connectivity index (χ1) is 8.65. The summed E-state index contributed by atoms with van der Waals surface area (Å²) in [7, 11) is 0. The second-order valence-corrected chi connectivity index (χ2v) is 7.41. The molecule has 1 aliphatic rings. The fourth-order valence-electron chi connectivity index (χ4n) is 2.72. The summed E-state index contributed by atoms with van der Waals surface area (Å²) in [6, 6.07) is 6.61. The third-order valence-corrected chi connectivity index (χ3v) is 6.25. The molecular formula is C15H22BrNS. The molecule has 0 atom stereocenters. The Morgan fingerprint density at radius 3 is 2.67 bits per heavy atom. The second-order valence-electron chi connectivity index (χ2n) is 5.28. The van der Waals surface area contributed by atoms with E-state index in [4.69, 9.17) is 0 Å². The zero-order valence-corrected chi connectivity index (χ0v) is 13.7. The minimum absolute atomic E-state index is 0.504. The molecule has 0 amide bonds. The molecule has 1 fully saturated rings. The largest absolute Gasteiger partial charge is 0.311 e. The van der Waals surface area contributed by atoms with Gasteiger partial charge in [0.25, 0.3) is 0 Å². The molecule has 1 aromatic carbocycles. The van der Waals surface area contributed by atoms with Gasteiger partial charge >= 0.3 is 0 Å². The first-order valence-corrected chi connectivity index (χ1v) is 8.68. The molecule has 1 aliphatic carbocycles. The van der Waals surface area contributed by atoms with Crippen LogP contribution >= 0.6 is 27.7 Å². The fourth-order valence-corrected chi connectivity index (χ4v) is 3.91. The third-order valence-electron chi connectivity index (χ3n) is 3.95. The number of benzene rings is 1. The van der Waals surface area contributed by atoms with Crippen LogP contribution in [0.2, 0.25) is 0 Å². The third kappa shape index (κ3) is 3.52. The number of aryl methyl sites for hydroxylation is 1. The van der Waals surface area contributed by atoms with Gasteiger partial charge in [0.2, 0.25) is 0 Å². The summed E-state index contributed by atoms with van der Waals surface area (Å²) in [5, 5.41) is 3.65. The van der Waals surface area contributed by atoms with Crippen LogP contribution in [0, 0.1) is 6.92 Å². The molecule has 0 spiro atoms. The molecule has 0 unspecified atom stereocenters. The Hall–Kier alpha value is 0.01000. The van der Waals surface area contributed by atoms with Crippen molar-refractivity contribution in [2.24, 2.45) is 0 Å². The number of thioether (sulfide) groups is 1. The highest BCUT2D eigenvalue weighted by atomic mass is 79.9. The fraction of sp³-hybridized carbons (Fsp3) is 0.600. The standard InChI is InChI=1S/C15H22BrNS/c1-12-9-13(5-6-14(12)16)10-17-11-15(18-2)7-3-4-8-15/h5-6,9,17H,3-4,7-8,10-11H2,1-2H3. The van der Waals surface area contributed by atoms with Gasteiger partial charge in [0, 0.05) is 22.3 Å². The van der Waals surface area contributed by atoms with Gasteiger partial charge in [-0.15, -0.1) is 0 Å². The van der Waals surface area contributed by atoms with Crippen molar-refractivity contribution >= 4 is 27.7 Å². The lowest BCUT2D eigenvalue weighted by atomic mass is 10.1. The van der Waals surface area contributed by atoms with Crippen molar-refractivity contribution < 1.29 is 0 Å². The molecular weight excluding hydrogens is 306 g/mol. The van der Waals surface area contributed by atoms with Crippen LogP contribution in [0.1, 0.15) is 36.8 Å². The van der Waals surface area contributed by atoms with Crippen LogP contribution in [0.5, 0.6) is 0 Å². The number of rotatable bonds is 5. The Labute approximate surface area is 123 Å². The van der Waals surface area contributed by atoms with E-state index < -0.39 is 0 Å². The number of nitrogens with one attached hydrogen (secondary N) is 1. The summed E-state index contributed by atoms with van der Waals surface area (Å²) in [6.45, 7) is 4.27. The van der Waals surface area contributed by atoms with Crippen molar-refractivity contribution in [1.29, 1.82) is 0 Å². The molecule has 0 aliphatic heterocycles. The lowest BCUT2D eigenvalue weighted by molar-refractivity contribution is 0.533. The topological polar surface area (TPSA) is 12.0 Å². The lowest BCUT2D eigenvalue weighted by Gasteiger charge is -2.27. The molecule has 1 nitrogen and oxygen atoms in total. The van der Waals surface area contributed by atoms with E-state index in [1.165, 1.54) is 41.3 Å². The highest BCUT2D eigenvalue weighted by Crippen LogP contribution is 2.39. The van der Waals surface area contributed by atoms with Crippen LogP contribution in [-0.4, -0.2) is 17.5 Å². The van der Waals surface area contributed by atoms with Crippen molar-refractivity contribution in [2.45, 2.75) is 43.9 Å². The summed E-state index contributed by atoms with van der Waals surface area (Å²) in [6.07, 6.45) is 7.82. The van der Waals surface area contributed by atoms with Gasteiger partial charge in [-0.2, -0.15) is 11.8 Å². The molecule has 1 N–H and O–H groups in total. The van der Waals surface area contributed by atoms with E-state index in [1.54, 1.807) is 0 Å². The summed E-state index contributed by atoms with van der Waals surface area (Å²) in [5.41, 5.74) is 2.69. The average Bonchev–Trinajstić information content (AvgIpc) is 2.83. The summed E-state index contributed by atoms with van der Waals surface area (Å²) in [5.74, 6) is 0. The maximum absolute atomic E-state index is 3.65. The molecule has 0 aromatic heterocycles. The van der Waals surface area contributed by atoms with E-state index in [9.17, 15) is 0 Å². The molecule has 0 heterocycles. The molecule has 1 saturated carbocycles. The van der Waals surface area contributed by atoms with Gasteiger partial charge in [-0.1, -0.05) is 40.9 Å². The van der Waals surface area contributed by atoms with E-state index in [2.05, 4.69) is 64.4 Å². The van der Waals surface area contributed by atoms with E-state index in [-0.39, 0.29) is 0 Å². The van der Waals surface area contributed by atoms with Crippen LogP contribution in [-0.2, 0) is 6.54 Å². The smallest absolute Gasteiger partial charge is 0.0281 e. The van der Waals surface area contributed by atoms with Crippen LogP contribution in [0.3, 0.4) is 0 Å². The quantitative estimate of drug-likeness (QED) is 0.853. The van der Waals surface area contributed by atoms with Gasteiger partial charge in [0.15, 0.2) is 0 Å². The Kier molecular flexibility index (Phi) is 5.16. The molecule has 2 rings (SSSR count). The van der Waals surface area contributed by atoms with Crippen LogP contribution in [0.25, 0.3) is 0 Å². The van der Waals surface area contributed by atoms with Crippen LogP contribution < -0.4 is 5.32 Å². The number of hydrogen-bond acceptors (Lipinski definition) is 2. The van der Waals surface area contributed by atoms with Gasteiger partial charge in [-0.25, -0.2) is 0 Å². The molecule has 18 heavy (non-hydrogen) atoms. The molecule has 0 saturated heterocycles. The SMILES string of the molecule is CSC1(CNCc2ccc(Br)c(C)c2)CCCC1. The minimum atomic E-state index is 0.504. The van der Waals surface area contributed by atoms with E-state index in [0.29, 0.717) is 4.75 Å². The van der Waals surface area contributed by atoms with Gasteiger partial charge in [0.1, 0.15) is 0 Å². The lowest BCUT2D eigenvalue weighted by Crippen LogP contribution is -2.34. The minimum Gasteiger partial charge on any atom is -0.311 e. The number of halogens is 1. The molecule has 0 radical (unpaired) electrons. The monoisotopic (exact) mass is 327 g/mol. The Morgan fingerprint density at radius 1 is 1.33 bits per heavy atom. The van der Waals surface area contributed by atoms with Crippen molar-refractivity contribution in [3.8, 4) is 0 Å². The summed E-state index contributed by atoms with van der Waals surface area (Å²) in [4.78, 5) is 0. The molecule has 0 bridgehead atoms. The van der Waals surface area contributed by atoms with E-state index >= 15 is 0 Å². The molecule has 3 heteroatoms. The normalized spacial score (nSPS) is 18.2. The predicted molar refractivity (Wildman–Crippen MR) is 85.3 cm³/mol. The Morgan fingerprint density at radius 2 is 2.06 bits per heavy atom. The maximum atomic E-state index is 3.65. The molecule has 100 valence electrons. The van der Waals surface area contributed by atoms with Crippen LogP contribution in [0.15, 0.2) is 22.7 Å². The van der Waals surface area contributed by atoms with Crippen molar-refractivity contribution in [3.05, 3.63) is 33.8 Å². The van der Waals surface area contributed by atoms with Crippen molar-refractivity contribution in [1.82, 2.24) is 5.32 Å². The van der Waals surface area contributed by atoms with Gasteiger partial charge < -0.3 is 5.32 Å². The van der Waals surface area contributed by atoms with E-state index in [0.717, 1.165) is 13.1 Å². The summed E-state index contributed by atoms with van der Waals surface area (Å²) < 4.78 is 1.70. The van der Waals surface area contributed by atoms with Gasteiger partial charge in [-0.3, -0.25) is 0 Å². The zero-order valence-electron chi connectivity index (χ0n) is 11.3. The van der Waals surface area contributed by atoms with Gasteiger partial charge in [0.05, 0.1) is 0 Å². The first-order valence-electron chi connectivity index (χ1n) is 6.66. The zero-order chi connectivity index (χ0) is 13.0. The van der Waals surface area contributed by atoms with Crippen LogP contribution in [0.4, 0.5) is 0 Å². The van der Waals surface area contributed by atoms with Gasteiger partial charge in [-0.05, 0) is 43.2 Å². The molecule has 1 aromatic rings. The average molecular weight is 328 g/mol. The Balaban J connectivity index is 1.86. The number of hydrogen-bond donors (Lipinski definition) is 1. The highest BCUT2D eigenvalue weighted by molar-refractivity contribution is 9.10. The second kappa shape index (κ2) is 6.44. The highest BCUT2D eigenvalue weighted by Gasteiger charge is 2.32.